The highest BCUT2D eigenvalue weighted by Gasteiger charge is 2.20. The first-order valence-electron chi connectivity index (χ1n) is 4.48. The van der Waals surface area contributed by atoms with Crippen molar-refractivity contribution in [1.82, 2.24) is 0 Å². The second kappa shape index (κ2) is 3.54. The van der Waals surface area contributed by atoms with Crippen molar-refractivity contribution in [3.63, 3.8) is 0 Å². The van der Waals surface area contributed by atoms with Crippen molar-refractivity contribution in [3.05, 3.63) is 35.2 Å². The van der Waals surface area contributed by atoms with Crippen LogP contribution >= 0.6 is 0 Å². The van der Waals surface area contributed by atoms with E-state index in [1.165, 1.54) is 0 Å². The summed E-state index contributed by atoms with van der Waals surface area (Å²) in [5.41, 5.74) is 6.98. The monoisotopic (exact) mass is 202 g/mol. The maximum atomic E-state index is 8.81. The molecule has 0 bridgehead atoms. The van der Waals surface area contributed by atoms with Gasteiger partial charge in [-0.1, -0.05) is 12.1 Å². The lowest BCUT2D eigenvalue weighted by molar-refractivity contribution is 0.347. The Kier molecular flexibility index (Phi) is 2.22. The predicted molar refractivity (Wildman–Crippen MR) is 54.2 cm³/mol. The summed E-state index contributed by atoms with van der Waals surface area (Å²) < 4.78 is 10.5. The van der Waals surface area contributed by atoms with Crippen LogP contribution in [0.3, 0.4) is 0 Å². The van der Waals surface area contributed by atoms with Crippen LogP contribution in [0.1, 0.15) is 5.56 Å². The third-order valence-corrected chi connectivity index (χ3v) is 2.29. The first kappa shape index (κ1) is 9.41. The van der Waals surface area contributed by atoms with Crippen LogP contribution < -0.4 is 15.2 Å². The highest BCUT2D eigenvalue weighted by atomic mass is 16.5. The molecule has 0 saturated carbocycles. The van der Waals surface area contributed by atoms with Gasteiger partial charge in [0, 0.05) is 12.0 Å². The Balaban J connectivity index is 2.48. The van der Waals surface area contributed by atoms with E-state index in [1.54, 1.807) is 13.2 Å². The van der Waals surface area contributed by atoms with E-state index < -0.39 is 0 Å². The summed E-state index contributed by atoms with van der Waals surface area (Å²) in [5, 5.41) is 8.81. The van der Waals surface area contributed by atoms with E-state index in [9.17, 15) is 0 Å². The van der Waals surface area contributed by atoms with Gasteiger partial charge in [-0.2, -0.15) is 5.26 Å². The Morgan fingerprint density at radius 1 is 1.53 bits per heavy atom. The van der Waals surface area contributed by atoms with Crippen LogP contribution in [0.2, 0.25) is 0 Å². The molecular formula is C11H10N2O2. The largest absolute Gasteiger partial charge is 0.493 e. The summed E-state index contributed by atoms with van der Waals surface area (Å²) in [6.45, 7) is 0. The molecule has 1 heterocycles. The van der Waals surface area contributed by atoms with Crippen molar-refractivity contribution in [2.45, 2.75) is 6.42 Å². The summed E-state index contributed by atoms with van der Waals surface area (Å²) >= 11 is 0. The van der Waals surface area contributed by atoms with Crippen LogP contribution in [0.5, 0.6) is 11.5 Å². The summed E-state index contributed by atoms with van der Waals surface area (Å²) in [6, 6.07) is 7.57. The third-order valence-electron chi connectivity index (χ3n) is 2.29. The molecule has 2 rings (SSSR count). The normalized spacial score (nSPS) is 13.9. The minimum absolute atomic E-state index is 0.162. The van der Waals surface area contributed by atoms with Crippen molar-refractivity contribution < 1.29 is 9.47 Å². The average molecular weight is 202 g/mol. The number of para-hydroxylation sites is 1. The van der Waals surface area contributed by atoms with Crippen molar-refractivity contribution in [3.8, 4) is 17.6 Å². The average Bonchev–Trinajstić information content (AvgIpc) is 2.27. The quantitative estimate of drug-likeness (QED) is 0.745. The molecule has 0 fully saturated rings. The van der Waals surface area contributed by atoms with Gasteiger partial charge in [0.15, 0.2) is 11.5 Å². The van der Waals surface area contributed by atoms with Crippen LogP contribution in [-0.2, 0) is 6.42 Å². The number of hydrogen-bond donors (Lipinski definition) is 1. The topological polar surface area (TPSA) is 68.3 Å². The number of benzene rings is 1. The molecule has 0 atom stereocenters. The van der Waals surface area contributed by atoms with Crippen molar-refractivity contribution >= 4 is 0 Å². The fraction of sp³-hybridized carbons (Fsp3) is 0.182. The van der Waals surface area contributed by atoms with Gasteiger partial charge in [0.1, 0.15) is 6.07 Å². The Bertz CT molecular complexity index is 472. The van der Waals surface area contributed by atoms with Crippen LogP contribution in [0.4, 0.5) is 0 Å². The molecule has 76 valence electrons. The molecule has 1 aliphatic rings. The maximum Gasteiger partial charge on any atom is 0.205 e. The van der Waals surface area contributed by atoms with Crippen molar-refractivity contribution in [2.75, 3.05) is 7.11 Å². The Morgan fingerprint density at radius 3 is 3.00 bits per heavy atom. The van der Waals surface area contributed by atoms with Crippen LogP contribution in [-0.4, -0.2) is 7.11 Å². The van der Waals surface area contributed by atoms with E-state index in [-0.39, 0.29) is 5.88 Å². The number of methoxy groups -OCH3 is 1. The molecular weight excluding hydrogens is 192 g/mol. The molecule has 4 nitrogen and oxygen atoms in total. The molecule has 0 aromatic heterocycles. The summed E-state index contributed by atoms with van der Waals surface area (Å²) in [7, 11) is 1.57. The highest BCUT2D eigenvalue weighted by molar-refractivity contribution is 5.52. The van der Waals surface area contributed by atoms with Gasteiger partial charge in [0.25, 0.3) is 0 Å². The van der Waals surface area contributed by atoms with E-state index in [0.717, 1.165) is 5.56 Å². The highest BCUT2D eigenvalue weighted by Crippen LogP contribution is 2.36. The lowest BCUT2D eigenvalue weighted by Gasteiger charge is -2.19. The number of fused-ring (bicyclic) bond motifs is 1. The predicted octanol–water partition coefficient (Wildman–Crippen LogP) is 1.32. The molecule has 2 N–H and O–H groups in total. The van der Waals surface area contributed by atoms with E-state index in [1.807, 2.05) is 18.2 Å². The Labute approximate surface area is 87.5 Å². The van der Waals surface area contributed by atoms with Crippen LogP contribution in [0.25, 0.3) is 0 Å². The van der Waals surface area contributed by atoms with Crippen LogP contribution in [0, 0.1) is 11.3 Å². The fourth-order valence-electron chi connectivity index (χ4n) is 1.52. The van der Waals surface area contributed by atoms with Gasteiger partial charge < -0.3 is 15.2 Å². The third kappa shape index (κ3) is 1.48. The zero-order valence-electron chi connectivity index (χ0n) is 8.28. The second-order valence-corrected chi connectivity index (χ2v) is 3.18. The second-order valence-electron chi connectivity index (χ2n) is 3.18. The lowest BCUT2D eigenvalue weighted by Crippen LogP contribution is -2.16. The number of allylic oxidation sites excluding steroid dienone is 1. The molecule has 0 spiro atoms. The number of hydrogen-bond acceptors (Lipinski definition) is 4. The minimum atomic E-state index is 0.162. The van der Waals surface area contributed by atoms with Gasteiger partial charge in [-0.3, -0.25) is 0 Å². The summed E-state index contributed by atoms with van der Waals surface area (Å²) in [5.74, 6) is 1.40. The summed E-state index contributed by atoms with van der Waals surface area (Å²) in [6.07, 6.45) is 0.495. The number of nitriles is 1. The van der Waals surface area contributed by atoms with Gasteiger partial charge in [-0.05, 0) is 6.07 Å². The van der Waals surface area contributed by atoms with Gasteiger partial charge in [-0.15, -0.1) is 0 Å². The molecule has 1 aromatic rings. The molecule has 4 heteroatoms. The van der Waals surface area contributed by atoms with E-state index >= 15 is 0 Å². The lowest BCUT2D eigenvalue weighted by atomic mass is 10.0. The maximum absolute atomic E-state index is 8.81. The van der Waals surface area contributed by atoms with Gasteiger partial charge in [0.2, 0.25) is 5.88 Å². The van der Waals surface area contributed by atoms with Gasteiger partial charge in [-0.25, -0.2) is 0 Å². The molecule has 0 saturated heterocycles. The molecule has 1 aromatic carbocycles. The zero-order valence-corrected chi connectivity index (χ0v) is 8.28. The number of rotatable bonds is 1. The Hall–Kier alpha value is -2.15. The standard InChI is InChI=1S/C11H10N2O2/c1-14-9-4-2-3-7-5-8(6-12)11(13)15-10(7)9/h2-4H,5,13H2,1H3. The van der Waals surface area contributed by atoms with E-state index in [4.69, 9.17) is 20.5 Å². The number of ether oxygens (including phenoxy) is 2. The SMILES string of the molecule is COc1cccc2c1OC(N)=C(C#N)C2. The molecule has 15 heavy (non-hydrogen) atoms. The Morgan fingerprint density at radius 2 is 2.33 bits per heavy atom. The first-order valence-corrected chi connectivity index (χ1v) is 4.48. The van der Waals surface area contributed by atoms with Crippen molar-refractivity contribution in [1.29, 1.82) is 5.26 Å². The smallest absolute Gasteiger partial charge is 0.205 e. The van der Waals surface area contributed by atoms with Crippen molar-refractivity contribution in [2.24, 2.45) is 5.73 Å². The van der Waals surface area contributed by atoms with Gasteiger partial charge >= 0.3 is 0 Å². The van der Waals surface area contributed by atoms with E-state index in [2.05, 4.69) is 0 Å². The van der Waals surface area contributed by atoms with E-state index in [0.29, 0.717) is 23.5 Å². The molecule has 0 amide bonds. The molecule has 0 unspecified atom stereocenters. The number of nitrogens with zero attached hydrogens (tertiary/aromatic N) is 1. The minimum Gasteiger partial charge on any atom is -0.493 e. The fourth-order valence-corrected chi connectivity index (χ4v) is 1.52. The summed E-state index contributed by atoms with van der Waals surface area (Å²) in [4.78, 5) is 0. The van der Waals surface area contributed by atoms with Crippen LogP contribution in [0.15, 0.2) is 29.7 Å². The molecule has 1 aliphatic heterocycles. The molecule has 0 aliphatic carbocycles. The van der Waals surface area contributed by atoms with Gasteiger partial charge in [0.05, 0.1) is 12.7 Å². The zero-order chi connectivity index (χ0) is 10.8. The first-order chi connectivity index (χ1) is 7.26. The molecule has 0 radical (unpaired) electrons. The number of nitrogens with two attached hydrogens (primary N) is 1.